The van der Waals surface area contributed by atoms with E-state index in [0.29, 0.717) is 39.3 Å². The minimum absolute atomic E-state index is 0.0296. The molecular formula is C28H33ClN2O3S. The highest BCUT2D eigenvalue weighted by molar-refractivity contribution is 7.11. The first-order valence-corrected chi connectivity index (χ1v) is 13.2. The van der Waals surface area contributed by atoms with Crippen LogP contribution in [0.4, 0.5) is 0 Å². The van der Waals surface area contributed by atoms with Crippen molar-refractivity contribution in [2.24, 2.45) is 0 Å². The second-order valence-corrected chi connectivity index (χ2v) is 10.1. The minimum atomic E-state index is -0.849. The molecule has 0 aliphatic rings. The van der Waals surface area contributed by atoms with Crippen LogP contribution in [-0.4, -0.2) is 47.9 Å². The van der Waals surface area contributed by atoms with E-state index in [1.165, 1.54) is 4.88 Å². The zero-order valence-electron chi connectivity index (χ0n) is 20.4. The molecule has 0 saturated carbocycles. The van der Waals surface area contributed by atoms with Crippen molar-refractivity contribution in [2.45, 2.75) is 38.7 Å². The van der Waals surface area contributed by atoms with Crippen molar-refractivity contribution in [1.29, 1.82) is 0 Å². The van der Waals surface area contributed by atoms with E-state index in [2.05, 4.69) is 19.1 Å². The molecule has 3 rings (SSSR count). The van der Waals surface area contributed by atoms with Crippen LogP contribution in [-0.2, 0) is 27.4 Å². The monoisotopic (exact) mass is 512 g/mol. The molecule has 0 radical (unpaired) electrons. The predicted octanol–water partition coefficient (Wildman–Crippen LogP) is 5.82. The first-order valence-electron chi connectivity index (χ1n) is 11.9. The summed E-state index contributed by atoms with van der Waals surface area (Å²) < 4.78 is 5.46. The Morgan fingerprint density at radius 2 is 1.63 bits per heavy atom. The molecule has 7 heteroatoms. The van der Waals surface area contributed by atoms with Gasteiger partial charge in [0, 0.05) is 36.1 Å². The van der Waals surface area contributed by atoms with Crippen LogP contribution >= 0.6 is 22.9 Å². The number of alkyl halides is 1. The number of hydrogen-bond acceptors (Lipinski definition) is 4. The third kappa shape index (κ3) is 8.49. The van der Waals surface area contributed by atoms with Gasteiger partial charge in [0.1, 0.15) is 5.38 Å². The quantitative estimate of drug-likeness (QED) is 0.214. The number of aryl methyl sites for hydroxylation is 1. The van der Waals surface area contributed by atoms with E-state index in [4.69, 9.17) is 16.3 Å². The number of carbonyl (C=O) groups excluding carboxylic acids is 2. The number of carbonyl (C=O) groups is 2. The Balaban J connectivity index is 1.77. The van der Waals surface area contributed by atoms with E-state index in [1.807, 2.05) is 72.5 Å². The molecule has 0 spiro atoms. The first-order chi connectivity index (χ1) is 17.0. The highest BCUT2D eigenvalue weighted by Crippen LogP contribution is 2.24. The van der Waals surface area contributed by atoms with E-state index in [9.17, 15) is 9.59 Å². The maximum absolute atomic E-state index is 13.6. The number of hydrogen-bond donors (Lipinski definition) is 0. The second-order valence-electron chi connectivity index (χ2n) is 8.33. The van der Waals surface area contributed by atoms with Crippen LogP contribution in [0.1, 0.15) is 39.6 Å². The number of thiophene rings is 1. The molecule has 0 bridgehead atoms. The van der Waals surface area contributed by atoms with Gasteiger partial charge < -0.3 is 14.5 Å². The molecule has 1 aromatic heterocycles. The zero-order valence-corrected chi connectivity index (χ0v) is 21.9. The van der Waals surface area contributed by atoms with Gasteiger partial charge in [-0.2, -0.15) is 0 Å². The topological polar surface area (TPSA) is 49.9 Å². The molecular weight excluding hydrogens is 480 g/mol. The predicted molar refractivity (Wildman–Crippen MR) is 142 cm³/mol. The molecule has 2 aromatic carbocycles. The first kappa shape index (κ1) is 26.9. The van der Waals surface area contributed by atoms with Gasteiger partial charge in [0.15, 0.2) is 0 Å². The van der Waals surface area contributed by atoms with Gasteiger partial charge in [0.25, 0.3) is 0 Å². The summed E-state index contributed by atoms with van der Waals surface area (Å²) in [6.07, 6.45) is 0.633. The van der Waals surface area contributed by atoms with Gasteiger partial charge in [-0.3, -0.25) is 9.59 Å². The van der Waals surface area contributed by atoms with E-state index >= 15 is 0 Å². The average Bonchev–Trinajstić information content (AvgIpc) is 3.30. The molecule has 5 nitrogen and oxygen atoms in total. The highest BCUT2D eigenvalue weighted by atomic mass is 35.5. The fraction of sp³-hybridized carbons (Fsp3) is 0.357. The SMILES string of the molecule is CCOCCCN(CC(=O)N(Cc1ccccc1)Cc1ccc(C)s1)C(=O)C(Cl)c1ccccc1. The van der Waals surface area contributed by atoms with Crippen LogP contribution in [0.2, 0.25) is 0 Å². The minimum Gasteiger partial charge on any atom is -0.382 e. The molecule has 1 atom stereocenters. The Bertz CT molecular complexity index is 1060. The zero-order chi connectivity index (χ0) is 25.0. The second kappa shape index (κ2) is 14.0. The highest BCUT2D eigenvalue weighted by Gasteiger charge is 2.27. The lowest BCUT2D eigenvalue weighted by Gasteiger charge is -2.29. The number of halogens is 1. The molecule has 1 unspecified atom stereocenters. The standard InChI is InChI=1S/C28H33ClN2O3S/c1-3-34-18-10-17-30(28(33)27(29)24-13-8-5-9-14-24)21-26(32)31(19-23-11-6-4-7-12-23)20-25-16-15-22(2)35-25/h4-9,11-16,27H,3,10,17-21H2,1-2H3. The smallest absolute Gasteiger partial charge is 0.245 e. The van der Waals surface area contributed by atoms with Gasteiger partial charge in [-0.15, -0.1) is 22.9 Å². The van der Waals surface area contributed by atoms with Gasteiger partial charge in [-0.25, -0.2) is 0 Å². The fourth-order valence-corrected chi connectivity index (χ4v) is 4.94. The molecule has 35 heavy (non-hydrogen) atoms. The largest absolute Gasteiger partial charge is 0.382 e. The van der Waals surface area contributed by atoms with Crippen LogP contribution in [0.15, 0.2) is 72.8 Å². The number of rotatable bonds is 13. The third-order valence-corrected chi connectivity index (χ3v) is 7.00. The number of ether oxygens (including phenoxy) is 1. The molecule has 0 saturated heterocycles. The van der Waals surface area contributed by atoms with Gasteiger partial charge in [-0.1, -0.05) is 60.7 Å². The van der Waals surface area contributed by atoms with Crippen molar-refractivity contribution in [2.75, 3.05) is 26.3 Å². The maximum atomic E-state index is 13.6. The van der Waals surface area contributed by atoms with Crippen molar-refractivity contribution in [3.8, 4) is 0 Å². The van der Waals surface area contributed by atoms with E-state index in [-0.39, 0.29) is 18.4 Å². The molecule has 186 valence electrons. The van der Waals surface area contributed by atoms with Crippen molar-refractivity contribution in [3.63, 3.8) is 0 Å². The summed E-state index contributed by atoms with van der Waals surface area (Å²) in [6, 6.07) is 23.3. The number of nitrogens with zero attached hydrogens (tertiary/aromatic N) is 2. The molecule has 1 heterocycles. The van der Waals surface area contributed by atoms with Gasteiger partial charge in [0.2, 0.25) is 11.8 Å². The van der Waals surface area contributed by atoms with E-state index < -0.39 is 5.38 Å². The van der Waals surface area contributed by atoms with Crippen molar-refractivity contribution in [1.82, 2.24) is 9.80 Å². The molecule has 3 aromatic rings. The molecule has 0 N–H and O–H groups in total. The lowest BCUT2D eigenvalue weighted by Crippen LogP contribution is -2.44. The normalized spacial score (nSPS) is 11.7. The summed E-state index contributed by atoms with van der Waals surface area (Å²) in [5, 5.41) is -0.849. The summed E-state index contributed by atoms with van der Waals surface area (Å²) >= 11 is 8.25. The molecule has 0 aliphatic heterocycles. The van der Waals surface area contributed by atoms with Gasteiger partial charge in [0.05, 0.1) is 13.1 Å². The summed E-state index contributed by atoms with van der Waals surface area (Å²) in [6.45, 7) is 6.47. The van der Waals surface area contributed by atoms with Crippen LogP contribution in [0.5, 0.6) is 0 Å². The fourth-order valence-electron chi connectivity index (χ4n) is 3.75. The van der Waals surface area contributed by atoms with Crippen LogP contribution in [0, 0.1) is 6.92 Å². The lowest BCUT2D eigenvalue weighted by molar-refractivity contribution is -0.141. The Morgan fingerprint density at radius 3 is 2.26 bits per heavy atom. The Labute approximate surface area is 217 Å². The van der Waals surface area contributed by atoms with Crippen LogP contribution in [0.25, 0.3) is 0 Å². The van der Waals surface area contributed by atoms with Gasteiger partial charge >= 0.3 is 0 Å². The third-order valence-electron chi connectivity index (χ3n) is 5.58. The number of benzene rings is 2. The maximum Gasteiger partial charge on any atom is 0.245 e. The summed E-state index contributed by atoms with van der Waals surface area (Å²) in [5.41, 5.74) is 1.76. The van der Waals surface area contributed by atoms with Gasteiger partial charge in [-0.05, 0) is 43.5 Å². The molecule has 0 aliphatic carbocycles. The molecule has 2 amide bonds. The Kier molecular flexibility index (Phi) is 10.8. The van der Waals surface area contributed by atoms with Crippen molar-refractivity contribution >= 4 is 34.8 Å². The Hall–Kier alpha value is -2.67. The summed E-state index contributed by atoms with van der Waals surface area (Å²) in [5.74, 6) is -0.379. The molecule has 0 fully saturated rings. The van der Waals surface area contributed by atoms with E-state index in [0.717, 1.165) is 16.0 Å². The Morgan fingerprint density at radius 1 is 0.943 bits per heavy atom. The summed E-state index contributed by atoms with van der Waals surface area (Å²) in [4.78, 5) is 32.7. The lowest BCUT2D eigenvalue weighted by atomic mass is 10.1. The van der Waals surface area contributed by atoms with Crippen molar-refractivity contribution in [3.05, 3.63) is 93.7 Å². The summed E-state index contributed by atoms with van der Waals surface area (Å²) in [7, 11) is 0. The van der Waals surface area contributed by atoms with Crippen molar-refractivity contribution < 1.29 is 14.3 Å². The number of amides is 2. The average molecular weight is 513 g/mol. The van der Waals surface area contributed by atoms with Crippen LogP contribution < -0.4 is 0 Å². The van der Waals surface area contributed by atoms with Crippen LogP contribution in [0.3, 0.4) is 0 Å². The van der Waals surface area contributed by atoms with E-state index in [1.54, 1.807) is 16.2 Å².